The molecule has 0 aromatic carbocycles. The van der Waals surface area contributed by atoms with E-state index >= 15 is 0 Å². The van der Waals surface area contributed by atoms with E-state index in [2.05, 4.69) is 99.0 Å². The predicted molar refractivity (Wildman–Crippen MR) is 328 cm³/mol. The van der Waals surface area contributed by atoms with E-state index < -0.39 is 20.0 Å². The first-order valence-corrected chi connectivity index (χ1v) is 32.9. The van der Waals surface area contributed by atoms with E-state index in [0.717, 1.165) is 96.3 Å². The van der Waals surface area contributed by atoms with Crippen LogP contribution < -0.4 is 5.32 Å². The number of nitrogens with zero attached hydrogens (tertiary/aromatic N) is 1. The Kier molecular flexibility index (Phi) is 53.5. The molecule has 0 aliphatic carbocycles. The van der Waals surface area contributed by atoms with Crippen molar-refractivity contribution < 1.29 is 37.3 Å². The second-order valence-corrected chi connectivity index (χ2v) is 23.7. The maximum Gasteiger partial charge on any atom is 0.472 e. The summed E-state index contributed by atoms with van der Waals surface area (Å²) in [5.41, 5.74) is 0. The fourth-order valence-electron chi connectivity index (χ4n) is 8.68. The van der Waals surface area contributed by atoms with Crippen molar-refractivity contribution in [1.29, 1.82) is 0 Å². The number of nitrogens with one attached hydrogen (secondary N) is 1. The van der Waals surface area contributed by atoms with Crippen LogP contribution in [-0.4, -0.2) is 74.3 Å². The van der Waals surface area contributed by atoms with Crippen molar-refractivity contribution in [3.63, 3.8) is 0 Å². The zero-order valence-corrected chi connectivity index (χ0v) is 51.1. The van der Waals surface area contributed by atoms with Crippen LogP contribution in [0.2, 0.25) is 0 Å². The van der Waals surface area contributed by atoms with Gasteiger partial charge in [-0.1, -0.05) is 241 Å². The molecule has 9 nitrogen and oxygen atoms in total. The van der Waals surface area contributed by atoms with Crippen molar-refractivity contribution in [3.8, 4) is 0 Å². The number of amides is 1. The summed E-state index contributed by atoms with van der Waals surface area (Å²) in [6, 6.07) is -0.874. The SMILES string of the molecule is CCCCC/C=C\C/C=C\C/C=C\C/C=C\CCCCCCCC(=O)OC(/C=C/CCCCCCCCCCCCC)C(COP(=O)(O)OCC[N+](C)(C)C)NC(=O)CCCCC/C=C/C=C/CCCCCCCCC. The minimum atomic E-state index is -4.46. The molecule has 10 heteroatoms. The number of phosphoric ester groups is 1. The Hall–Kier alpha value is -2.81. The third-order valence-electron chi connectivity index (χ3n) is 13.6. The lowest BCUT2D eigenvalue weighted by Gasteiger charge is -2.27. The second kappa shape index (κ2) is 55.5. The Morgan fingerprint density at radius 2 is 0.842 bits per heavy atom. The molecule has 440 valence electrons. The summed E-state index contributed by atoms with van der Waals surface area (Å²) in [6.45, 7) is 6.95. The Labute approximate surface area is 469 Å². The first-order chi connectivity index (χ1) is 36.9. The lowest BCUT2D eigenvalue weighted by molar-refractivity contribution is -0.870. The summed E-state index contributed by atoms with van der Waals surface area (Å²) in [7, 11) is 1.46. The molecule has 3 unspecified atom stereocenters. The number of allylic oxidation sites excluding steroid dienone is 13. The van der Waals surface area contributed by atoms with E-state index in [1.807, 2.05) is 33.3 Å². The lowest BCUT2D eigenvalue weighted by atomic mass is 10.0. The van der Waals surface area contributed by atoms with Gasteiger partial charge in [-0.3, -0.25) is 18.6 Å². The number of carbonyl (C=O) groups excluding carboxylic acids is 2. The highest BCUT2D eigenvalue weighted by Gasteiger charge is 2.30. The quantitative estimate of drug-likeness (QED) is 0.0156. The standard InChI is InChI=1S/C66H119N2O7P/c1-7-10-13-16-19-22-25-28-30-32-33-34-35-36-38-41-44-47-50-53-56-59-66(70)75-64(57-54-51-48-45-42-39-27-24-21-18-15-12-9-3)63(62-74-76(71,72)73-61-60-68(4,5)6)67-65(69)58-55-52-49-46-43-40-37-31-29-26-23-20-17-14-11-8-2/h19,22,28,30-31,33-34,36-38,40,43,54,57,63-64H,7-18,20-21,23-27,29,32,35,39,41-42,44-53,55-56,58-62H2,1-6H3,(H-,67,69,71,72)/p+1/b22-19-,30-28-,34-33-,37-31+,38-36-,43-40+,57-54+. The van der Waals surface area contributed by atoms with Crippen molar-refractivity contribution in [2.24, 2.45) is 0 Å². The van der Waals surface area contributed by atoms with Crippen molar-refractivity contribution in [3.05, 3.63) is 85.1 Å². The van der Waals surface area contributed by atoms with Gasteiger partial charge in [0.15, 0.2) is 0 Å². The fourth-order valence-corrected chi connectivity index (χ4v) is 9.41. The second-order valence-electron chi connectivity index (χ2n) is 22.3. The number of ether oxygens (including phenoxy) is 1. The summed E-state index contributed by atoms with van der Waals surface area (Å²) in [6.07, 6.45) is 72.9. The minimum absolute atomic E-state index is 0.0286. The molecule has 0 aromatic rings. The van der Waals surface area contributed by atoms with Gasteiger partial charge in [0.25, 0.3) is 0 Å². The smallest absolute Gasteiger partial charge is 0.456 e. The van der Waals surface area contributed by atoms with Crippen LogP contribution in [0.25, 0.3) is 0 Å². The van der Waals surface area contributed by atoms with Gasteiger partial charge in [0.1, 0.15) is 19.3 Å². The van der Waals surface area contributed by atoms with Gasteiger partial charge in [-0.25, -0.2) is 4.57 Å². The van der Waals surface area contributed by atoms with Crippen LogP contribution in [0.5, 0.6) is 0 Å². The molecule has 0 aromatic heterocycles. The molecule has 76 heavy (non-hydrogen) atoms. The van der Waals surface area contributed by atoms with Crippen molar-refractivity contribution in [2.45, 2.75) is 283 Å². The van der Waals surface area contributed by atoms with Gasteiger partial charge in [0.05, 0.1) is 33.8 Å². The van der Waals surface area contributed by atoms with E-state index in [0.29, 0.717) is 30.3 Å². The maximum absolute atomic E-state index is 13.5. The van der Waals surface area contributed by atoms with Crippen molar-refractivity contribution in [2.75, 3.05) is 40.9 Å². The van der Waals surface area contributed by atoms with E-state index in [1.165, 1.54) is 128 Å². The average Bonchev–Trinajstić information content (AvgIpc) is 3.38. The molecule has 0 rings (SSSR count). The number of quaternary nitrogens is 1. The van der Waals surface area contributed by atoms with Crippen LogP contribution in [0.15, 0.2) is 85.1 Å². The predicted octanol–water partition coefficient (Wildman–Crippen LogP) is 19.4. The van der Waals surface area contributed by atoms with E-state index in [9.17, 15) is 19.0 Å². The summed E-state index contributed by atoms with van der Waals surface area (Å²) in [5.74, 6) is -0.557. The zero-order chi connectivity index (χ0) is 55.7. The molecular weight excluding hydrogens is 964 g/mol. The van der Waals surface area contributed by atoms with Gasteiger partial charge in [-0.05, 0) is 102 Å². The molecule has 0 fully saturated rings. The molecule has 1 amide bonds. The summed E-state index contributed by atoms with van der Waals surface area (Å²) in [5, 5.41) is 3.04. The first kappa shape index (κ1) is 73.2. The third-order valence-corrected chi connectivity index (χ3v) is 14.6. The molecule has 0 saturated heterocycles. The Bertz CT molecular complexity index is 1580. The number of unbranched alkanes of at least 4 members (excludes halogenated alkanes) is 29. The summed E-state index contributed by atoms with van der Waals surface area (Å²) in [4.78, 5) is 37.7. The minimum Gasteiger partial charge on any atom is -0.456 e. The van der Waals surface area contributed by atoms with Gasteiger partial charge < -0.3 is 19.4 Å². The number of likely N-dealkylation sites (N-methyl/N-ethyl adjacent to an activating group) is 1. The molecule has 0 spiro atoms. The number of hydrogen-bond donors (Lipinski definition) is 2. The molecule has 3 atom stereocenters. The van der Waals surface area contributed by atoms with Gasteiger partial charge >= 0.3 is 13.8 Å². The Morgan fingerprint density at radius 3 is 1.32 bits per heavy atom. The van der Waals surface area contributed by atoms with Crippen molar-refractivity contribution in [1.82, 2.24) is 5.32 Å². The summed E-state index contributed by atoms with van der Waals surface area (Å²) >= 11 is 0. The number of phosphoric acid groups is 1. The number of hydrogen-bond acceptors (Lipinski definition) is 6. The topological polar surface area (TPSA) is 111 Å². The molecule has 0 radical (unpaired) electrons. The van der Waals surface area contributed by atoms with Gasteiger partial charge in [-0.2, -0.15) is 0 Å². The maximum atomic E-state index is 13.5. The fraction of sp³-hybridized carbons (Fsp3) is 0.758. The number of esters is 1. The van der Waals surface area contributed by atoms with Gasteiger partial charge in [-0.15, -0.1) is 0 Å². The average molecular weight is 1080 g/mol. The molecule has 2 N–H and O–H groups in total. The van der Waals surface area contributed by atoms with Crippen molar-refractivity contribution >= 4 is 19.7 Å². The highest BCUT2D eigenvalue weighted by Crippen LogP contribution is 2.43. The largest absolute Gasteiger partial charge is 0.472 e. The van der Waals surface area contributed by atoms with Crippen LogP contribution in [0.4, 0.5) is 0 Å². The van der Waals surface area contributed by atoms with Crippen LogP contribution >= 0.6 is 7.82 Å². The third kappa shape index (κ3) is 55.9. The first-order valence-electron chi connectivity index (χ1n) is 31.4. The van der Waals surface area contributed by atoms with E-state index in [4.69, 9.17) is 13.8 Å². The van der Waals surface area contributed by atoms with E-state index in [1.54, 1.807) is 0 Å². The summed E-state index contributed by atoms with van der Waals surface area (Å²) < 4.78 is 30.7. The van der Waals surface area contributed by atoms with Crippen LogP contribution in [-0.2, 0) is 27.9 Å². The van der Waals surface area contributed by atoms with Gasteiger partial charge in [0.2, 0.25) is 5.91 Å². The Balaban J connectivity index is 5.36. The lowest BCUT2D eigenvalue weighted by Crippen LogP contribution is -2.47. The number of carbonyl (C=O) groups is 2. The van der Waals surface area contributed by atoms with Crippen LogP contribution in [0, 0.1) is 0 Å². The highest BCUT2D eigenvalue weighted by atomic mass is 31.2. The molecule has 0 aliphatic heterocycles. The van der Waals surface area contributed by atoms with E-state index in [-0.39, 0.29) is 31.5 Å². The van der Waals surface area contributed by atoms with Crippen LogP contribution in [0.3, 0.4) is 0 Å². The molecule has 0 saturated carbocycles. The molecule has 0 bridgehead atoms. The molecule has 0 aliphatic rings. The molecular formula is C66H120N2O7P+. The van der Waals surface area contributed by atoms with Crippen LogP contribution in [0.1, 0.15) is 271 Å². The number of rotatable bonds is 56. The monoisotopic (exact) mass is 1080 g/mol. The normalized spacial score (nSPS) is 14.2. The Morgan fingerprint density at radius 1 is 0.474 bits per heavy atom. The molecule has 0 heterocycles. The van der Waals surface area contributed by atoms with Gasteiger partial charge in [0, 0.05) is 12.8 Å². The zero-order valence-electron chi connectivity index (χ0n) is 50.2. The highest BCUT2D eigenvalue weighted by molar-refractivity contribution is 7.47.